The van der Waals surface area contributed by atoms with Gasteiger partial charge in [-0.2, -0.15) is 0 Å². The van der Waals surface area contributed by atoms with Gasteiger partial charge in [-0.1, -0.05) is 92.4 Å². The van der Waals surface area contributed by atoms with E-state index in [4.69, 9.17) is 5.11 Å². The van der Waals surface area contributed by atoms with Crippen molar-refractivity contribution in [3.05, 3.63) is 0 Å². The van der Waals surface area contributed by atoms with Gasteiger partial charge in [-0.25, -0.2) is 0 Å². The number of hydrogen-bond acceptors (Lipinski definition) is 1. The van der Waals surface area contributed by atoms with Gasteiger partial charge in [0.05, 0.1) is 0 Å². The zero-order valence-electron chi connectivity index (χ0n) is 16.1. The van der Waals surface area contributed by atoms with E-state index < -0.39 is 5.97 Å². The van der Waals surface area contributed by atoms with Crippen molar-refractivity contribution in [3.8, 4) is 0 Å². The molecule has 3 atom stereocenters. The molecule has 23 heavy (non-hydrogen) atoms. The summed E-state index contributed by atoms with van der Waals surface area (Å²) in [7, 11) is 0. The van der Waals surface area contributed by atoms with E-state index in [1.807, 2.05) is 0 Å². The standard InChI is InChI=1S/C20H40O2.ClH/c1-16(2)9-6-10-17(3)11-7-12-18(4)13-8-14-19(5)15-20(21)22;/h16-19H,6-15H2,1-5H3,(H,21,22);1H. The fraction of sp³-hybridized carbons (Fsp3) is 0.950. The van der Waals surface area contributed by atoms with Crippen LogP contribution in [-0.4, -0.2) is 11.1 Å². The van der Waals surface area contributed by atoms with Gasteiger partial charge in [0.15, 0.2) is 0 Å². The summed E-state index contributed by atoms with van der Waals surface area (Å²) in [5.74, 6) is 2.18. The molecule has 3 unspecified atom stereocenters. The molecule has 1 N–H and O–H groups in total. The summed E-state index contributed by atoms with van der Waals surface area (Å²) >= 11 is 0. The molecular formula is C20H41ClO2. The average molecular weight is 349 g/mol. The molecule has 0 heterocycles. The molecule has 0 aromatic rings. The lowest BCUT2D eigenvalue weighted by Crippen LogP contribution is -2.05. The molecule has 140 valence electrons. The van der Waals surface area contributed by atoms with Crippen LogP contribution in [0, 0.1) is 23.7 Å². The van der Waals surface area contributed by atoms with Crippen LogP contribution in [0.5, 0.6) is 0 Å². The van der Waals surface area contributed by atoms with Crippen molar-refractivity contribution in [2.24, 2.45) is 23.7 Å². The summed E-state index contributed by atoms with van der Waals surface area (Å²) in [5.41, 5.74) is 0. The first-order valence-corrected chi connectivity index (χ1v) is 9.53. The minimum Gasteiger partial charge on any atom is -0.481 e. The molecule has 0 aliphatic heterocycles. The van der Waals surface area contributed by atoms with Crippen LogP contribution >= 0.6 is 12.4 Å². The summed E-state index contributed by atoms with van der Waals surface area (Å²) in [5, 5.41) is 8.75. The molecule has 0 bridgehead atoms. The normalized spacial score (nSPS) is 15.0. The summed E-state index contributed by atoms with van der Waals surface area (Å²) < 4.78 is 0. The molecule has 0 fully saturated rings. The minimum absolute atomic E-state index is 0. The number of hydrogen-bond donors (Lipinski definition) is 1. The summed E-state index contributed by atoms with van der Waals surface area (Å²) in [4.78, 5) is 10.6. The molecule has 0 radical (unpaired) electrons. The number of carbonyl (C=O) groups is 1. The second kappa shape index (κ2) is 15.3. The zero-order valence-corrected chi connectivity index (χ0v) is 17.0. The van der Waals surface area contributed by atoms with E-state index in [9.17, 15) is 4.79 Å². The smallest absolute Gasteiger partial charge is 0.303 e. The Hall–Kier alpha value is -0.240. The van der Waals surface area contributed by atoms with Crippen LogP contribution in [0.25, 0.3) is 0 Å². The highest BCUT2D eigenvalue weighted by Crippen LogP contribution is 2.22. The van der Waals surface area contributed by atoms with E-state index >= 15 is 0 Å². The van der Waals surface area contributed by atoms with Crippen LogP contribution in [0.3, 0.4) is 0 Å². The molecule has 0 spiro atoms. The third kappa shape index (κ3) is 17.9. The summed E-state index contributed by atoms with van der Waals surface area (Å²) in [6.45, 7) is 11.4. The molecule has 0 amide bonds. The predicted octanol–water partition coefficient (Wildman–Crippen LogP) is 6.96. The molecular weight excluding hydrogens is 308 g/mol. The highest BCUT2D eigenvalue weighted by molar-refractivity contribution is 5.85. The molecule has 0 aliphatic carbocycles. The van der Waals surface area contributed by atoms with Crippen molar-refractivity contribution in [3.63, 3.8) is 0 Å². The Balaban J connectivity index is 0. The highest BCUT2D eigenvalue weighted by Gasteiger charge is 2.09. The van der Waals surface area contributed by atoms with Gasteiger partial charge in [-0.3, -0.25) is 4.79 Å². The second-order valence-electron chi connectivity index (χ2n) is 8.10. The fourth-order valence-electron chi connectivity index (χ4n) is 3.19. The van der Waals surface area contributed by atoms with E-state index in [-0.39, 0.29) is 12.4 Å². The number of carboxylic acids is 1. The first-order valence-electron chi connectivity index (χ1n) is 9.53. The first-order chi connectivity index (χ1) is 10.3. The van der Waals surface area contributed by atoms with Gasteiger partial charge in [-0.15, -0.1) is 12.4 Å². The minimum atomic E-state index is -0.660. The van der Waals surface area contributed by atoms with Crippen LogP contribution < -0.4 is 0 Å². The molecule has 3 heteroatoms. The van der Waals surface area contributed by atoms with Gasteiger partial charge < -0.3 is 5.11 Å². The van der Waals surface area contributed by atoms with Crippen molar-refractivity contribution in [1.82, 2.24) is 0 Å². The first kappa shape index (κ1) is 25.0. The maximum Gasteiger partial charge on any atom is 0.303 e. The van der Waals surface area contributed by atoms with Crippen LogP contribution in [0.4, 0.5) is 0 Å². The van der Waals surface area contributed by atoms with Crippen molar-refractivity contribution in [1.29, 1.82) is 0 Å². The van der Waals surface area contributed by atoms with E-state index in [0.29, 0.717) is 12.3 Å². The number of carboxylic acid groups (broad SMARTS) is 1. The molecule has 0 rings (SSSR count). The van der Waals surface area contributed by atoms with Crippen LogP contribution in [0.15, 0.2) is 0 Å². The van der Waals surface area contributed by atoms with Crippen molar-refractivity contribution >= 4 is 18.4 Å². The molecule has 0 aliphatic rings. The Morgan fingerprint density at radius 1 is 0.696 bits per heavy atom. The lowest BCUT2D eigenvalue weighted by atomic mass is 9.91. The van der Waals surface area contributed by atoms with Gasteiger partial charge in [0.2, 0.25) is 0 Å². The maximum absolute atomic E-state index is 10.6. The molecule has 0 saturated heterocycles. The largest absolute Gasteiger partial charge is 0.481 e. The quantitative estimate of drug-likeness (QED) is 0.368. The SMILES string of the molecule is CC(C)CCCC(C)CCCC(C)CCCC(C)CC(=O)O.Cl. The van der Waals surface area contributed by atoms with Gasteiger partial charge >= 0.3 is 5.97 Å². The Morgan fingerprint density at radius 2 is 1.04 bits per heavy atom. The van der Waals surface area contributed by atoms with E-state index in [0.717, 1.165) is 24.2 Å². The summed E-state index contributed by atoms with van der Waals surface area (Å²) in [6.07, 6.45) is 12.0. The number of halogens is 1. The van der Waals surface area contributed by atoms with Crippen molar-refractivity contribution in [2.75, 3.05) is 0 Å². The zero-order chi connectivity index (χ0) is 17.0. The summed E-state index contributed by atoms with van der Waals surface area (Å²) in [6, 6.07) is 0. The third-order valence-corrected chi connectivity index (χ3v) is 4.79. The molecule has 0 aromatic heterocycles. The Bertz CT molecular complexity index is 279. The monoisotopic (exact) mass is 348 g/mol. The lowest BCUT2D eigenvalue weighted by molar-refractivity contribution is -0.138. The van der Waals surface area contributed by atoms with Gasteiger partial charge in [0.25, 0.3) is 0 Å². The maximum atomic E-state index is 10.6. The second-order valence-corrected chi connectivity index (χ2v) is 8.10. The highest BCUT2D eigenvalue weighted by atomic mass is 35.5. The van der Waals surface area contributed by atoms with E-state index in [1.54, 1.807) is 0 Å². The molecule has 2 nitrogen and oxygen atoms in total. The predicted molar refractivity (Wildman–Crippen MR) is 103 cm³/mol. The number of rotatable bonds is 14. The Kier molecular flexibility index (Phi) is 16.6. The van der Waals surface area contributed by atoms with E-state index in [1.165, 1.54) is 51.4 Å². The average Bonchev–Trinajstić information content (AvgIpc) is 2.37. The van der Waals surface area contributed by atoms with Crippen LogP contribution in [0.1, 0.15) is 98.8 Å². The molecule has 0 aromatic carbocycles. The molecule has 0 saturated carbocycles. The topological polar surface area (TPSA) is 37.3 Å². The van der Waals surface area contributed by atoms with Gasteiger partial charge in [0.1, 0.15) is 0 Å². The third-order valence-electron chi connectivity index (χ3n) is 4.79. The van der Waals surface area contributed by atoms with Gasteiger partial charge in [-0.05, 0) is 23.7 Å². The number of aliphatic carboxylic acids is 1. The van der Waals surface area contributed by atoms with Crippen LogP contribution in [-0.2, 0) is 4.79 Å². The van der Waals surface area contributed by atoms with Crippen molar-refractivity contribution < 1.29 is 9.90 Å². The van der Waals surface area contributed by atoms with E-state index in [2.05, 4.69) is 34.6 Å². The Morgan fingerprint density at radius 3 is 1.39 bits per heavy atom. The lowest BCUT2D eigenvalue weighted by Gasteiger charge is -2.15. The Labute approximate surface area is 151 Å². The fourth-order valence-corrected chi connectivity index (χ4v) is 3.19. The van der Waals surface area contributed by atoms with Crippen LogP contribution in [0.2, 0.25) is 0 Å². The van der Waals surface area contributed by atoms with Crippen molar-refractivity contribution in [2.45, 2.75) is 98.8 Å². The van der Waals surface area contributed by atoms with Gasteiger partial charge in [0, 0.05) is 6.42 Å².